The van der Waals surface area contributed by atoms with Crippen LogP contribution in [-0.4, -0.2) is 18.6 Å². The highest BCUT2D eigenvalue weighted by Crippen LogP contribution is 2.34. The molecule has 5 heteroatoms. The second-order valence-electron chi connectivity index (χ2n) is 4.68. The Morgan fingerprint density at radius 1 is 1.47 bits per heavy atom. The monoisotopic (exact) mass is 287 g/mol. The van der Waals surface area contributed by atoms with E-state index in [0.29, 0.717) is 0 Å². The van der Waals surface area contributed by atoms with Crippen LogP contribution in [-0.2, 0) is 9.53 Å². The van der Waals surface area contributed by atoms with Gasteiger partial charge in [0.25, 0.3) is 0 Å². The number of carbonyl (C=O) groups excluding carboxylic acids is 1. The number of esters is 1. The summed E-state index contributed by atoms with van der Waals surface area (Å²) >= 11 is 6.05. The van der Waals surface area contributed by atoms with Gasteiger partial charge in [0.1, 0.15) is 11.9 Å². The van der Waals surface area contributed by atoms with Gasteiger partial charge in [0.05, 0.1) is 6.61 Å². The van der Waals surface area contributed by atoms with Crippen LogP contribution in [0.15, 0.2) is 18.2 Å². The van der Waals surface area contributed by atoms with Crippen LogP contribution in [0, 0.1) is 11.7 Å². The van der Waals surface area contributed by atoms with Crippen molar-refractivity contribution in [2.45, 2.75) is 32.7 Å². The van der Waals surface area contributed by atoms with Crippen LogP contribution in [0.3, 0.4) is 0 Å². The van der Waals surface area contributed by atoms with Crippen molar-refractivity contribution < 1.29 is 13.9 Å². The lowest BCUT2D eigenvalue weighted by atomic mass is 9.82. The number of benzene rings is 1. The van der Waals surface area contributed by atoms with Gasteiger partial charge in [0, 0.05) is 16.5 Å². The summed E-state index contributed by atoms with van der Waals surface area (Å²) in [5, 5.41) is 0.276. The molecule has 106 valence electrons. The highest BCUT2D eigenvalue weighted by atomic mass is 35.5. The zero-order chi connectivity index (χ0) is 14.6. The van der Waals surface area contributed by atoms with Crippen LogP contribution in [0.5, 0.6) is 0 Å². The number of ether oxygens (including phenoxy) is 1. The summed E-state index contributed by atoms with van der Waals surface area (Å²) in [6.07, 6.45) is 0. The number of hydrogen-bond donors (Lipinski definition) is 1. The highest BCUT2D eigenvalue weighted by molar-refractivity contribution is 6.31. The van der Waals surface area contributed by atoms with Gasteiger partial charge in [-0.05, 0) is 25.0 Å². The minimum atomic E-state index is -0.936. The van der Waals surface area contributed by atoms with E-state index in [0.717, 1.165) is 0 Å². The second-order valence-corrected chi connectivity index (χ2v) is 5.09. The molecular formula is C14H19ClFNO2. The van der Waals surface area contributed by atoms with Crippen molar-refractivity contribution in [3.8, 4) is 0 Å². The smallest absolute Gasteiger partial charge is 0.323 e. The van der Waals surface area contributed by atoms with E-state index in [4.69, 9.17) is 22.1 Å². The normalized spacial score (nSPS) is 14.3. The molecular weight excluding hydrogens is 269 g/mol. The van der Waals surface area contributed by atoms with E-state index in [-0.39, 0.29) is 23.1 Å². The van der Waals surface area contributed by atoms with Crippen LogP contribution in [0.4, 0.5) is 4.39 Å². The Hall–Kier alpha value is -1.13. The van der Waals surface area contributed by atoms with E-state index in [1.165, 1.54) is 12.1 Å². The Morgan fingerprint density at radius 3 is 2.58 bits per heavy atom. The molecule has 0 radical (unpaired) electrons. The minimum Gasteiger partial charge on any atom is -0.465 e. The lowest BCUT2D eigenvalue weighted by molar-refractivity contribution is -0.145. The van der Waals surface area contributed by atoms with Crippen molar-refractivity contribution in [3.05, 3.63) is 34.6 Å². The van der Waals surface area contributed by atoms with Gasteiger partial charge in [-0.15, -0.1) is 0 Å². The van der Waals surface area contributed by atoms with E-state index in [2.05, 4.69) is 0 Å². The summed E-state index contributed by atoms with van der Waals surface area (Å²) in [6.45, 7) is 5.67. The fraction of sp³-hybridized carbons (Fsp3) is 0.500. The lowest BCUT2D eigenvalue weighted by Crippen LogP contribution is -2.40. The fourth-order valence-corrected chi connectivity index (χ4v) is 2.43. The first-order valence-corrected chi connectivity index (χ1v) is 6.64. The number of nitrogens with two attached hydrogens (primary N) is 1. The maximum absolute atomic E-state index is 14.0. The Bertz CT molecular complexity index is 431. The fourth-order valence-electron chi connectivity index (χ4n) is 2.14. The molecule has 0 fully saturated rings. The van der Waals surface area contributed by atoms with Crippen LogP contribution in [0.25, 0.3) is 0 Å². The summed E-state index contributed by atoms with van der Waals surface area (Å²) in [6, 6.07) is 3.49. The van der Waals surface area contributed by atoms with Crippen molar-refractivity contribution in [1.82, 2.24) is 0 Å². The van der Waals surface area contributed by atoms with E-state index >= 15 is 0 Å². The van der Waals surface area contributed by atoms with Crippen molar-refractivity contribution in [3.63, 3.8) is 0 Å². The third-order valence-corrected chi connectivity index (χ3v) is 3.33. The van der Waals surface area contributed by atoms with Gasteiger partial charge < -0.3 is 10.5 Å². The van der Waals surface area contributed by atoms with Crippen LogP contribution >= 0.6 is 11.6 Å². The van der Waals surface area contributed by atoms with Crippen LogP contribution < -0.4 is 5.73 Å². The SMILES string of the molecule is CCOC(=O)C(N)C(c1c(F)cccc1Cl)C(C)C. The third kappa shape index (κ3) is 3.67. The van der Waals surface area contributed by atoms with E-state index in [9.17, 15) is 9.18 Å². The average molecular weight is 288 g/mol. The molecule has 19 heavy (non-hydrogen) atoms. The quantitative estimate of drug-likeness (QED) is 0.847. The number of carbonyl (C=O) groups is 1. The molecule has 0 aliphatic carbocycles. The van der Waals surface area contributed by atoms with Gasteiger partial charge in [-0.1, -0.05) is 31.5 Å². The molecule has 0 aromatic heterocycles. The summed E-state index contributed by atoms with van der Waals surface area (Å²) in [5.41, 5.74) is 6.20. The standard InChI is InChI=1S/C14H19ClFNO2/c1-4-19-14(18)13(17)11(8(2)3)12-9(15)6-5-7-10(12)16/h5-8,11,13H,4,17H2,1-3H3. The van der Waals surface area contributed by atoms with Crippen molar-refractivity contribution >= 4 is 17.6 Å². The zero-order valence-electron chi connectivity index (χ0n) is 11.3. The second kappa shape index (κ2) is 6.87. The van der Waals surface area contributed by atoms with Gasteiger partial charge in [-0.3, -0.25) is 4.79 Å². The maximum atomic E-state index is 14.0. The number of rotatable bonds is 5. The Balaban J connectivity index is 3.18. The van der Waals surface area contributed by atoms with Gasteiger partial charge in [-0.2, -0.15) is 0 Å². The molecule has 0 aliphatic heterocycles. The molecule has 0 saturated heterocycles. The first-order chi connectivity index (χ1) is 8.90. The molecule has 1 aromatic rings. The Labute approximate surface area is 117 Å². The molecule has 0 heterocycles. The topological polar surface area (TPSA) is 52.3 Å². The largest absolute Gasteiger partial charge is 0.465 e. The van der Waals surface area contributed by atoms with Gasteiger partial charge in [0.15, 0.2) is 0 Å². The van der Waals surface area contributed by atoms with E-state index in [1.807, 2.05) is 13.8 Å². The molecule has 0 aliphatic rings. The van der Waals surface area contributed by atoms with Crippen LogP contribution in [0.1, 0.15) is 32.3 Å². The highest BCUT2D eigenvalue weighted by Gasteiger charge is 2.33. The molecule has 0 spiro atoms. The predicted molar refractivity (Wildman–Crippen MR) is 73.6 cm³/mol. The molecule has 0 saturated carbocycles. The lowest BCUT2D eigenvalue weighted by Gasteiger charge is -2.27. The first-order valence-electron chi connectivity index (χ1n) is 6.26. The average Bonchev–Trinajstić information content (AvgIpc) is 2.33. The Kier molecular flexibility index (Phi) is 5.76. The number of hydrogen-bond acceptors (Lipinski definition) is 3. The van der Waals surface area contributed by atoms with E-state index in [1.54, 1.807) is 13.0 Å². The first kappa shape index (κ1) is 15.9. The third-order valence-electron chi connectivity index (χ3n) is 3.00. The van der Waals surface area contributed by atoms with Crippen molar-refractivity contribution in [1.29, 1.82) is 0 Å². The molecule has 1 aromatic carbocycles. The predicted octanol–water partition coefficient (Wildman–Crippen LogP) is 3.11. The van der Waals surface area contributed by atoms with Crippen molar-refractivity contribution in [2.75, 3.05) is 6.61 Å². The van der Waals surface area contributed by atoms with Crippen molar-refractivity contribution in [2.24, 2.45) is 11.7 Å². The molecule has 2 atom stereocenters. The van der Waals surface area contributed by atoms with Gasteiger partial charge >= 0.3 is 5.97 Å². The molecule has 0 amide bonds. The van der Waals surface area contributed by atoms with E-state index < -0.39 is 23.7 Å². The molecule has 0 bridgehead atoms. The Morgan fingerprint density at radius 2 is 2.11 bits per heavy atom. The summed E-state index contributed by atoms with van der Waals surface area (Å²) in [7, 11) is 0. The zero-order valence-corrected chi connectivity index (χ0v) is 12.1. The summed E-state index contributed by atoms with van der Waals surface area (Å²) < 4.78 is 18.9. The molecule has 3 nitrogen and oxygen atoms in total. The summed E-state index contributed by atoms with van der Waals surface area (Å²) in [5.74, 6) is -1.56. The van der Waals surface area contributed by atoms with Gasteiger partial charge in [0.2, 0.25) is 0 Å². The number of halogens is 2. The maximum Gasteiger partial charge on any atom is 0.323 e. The summed E-state index contributed by atoms with van der Waals surface area (Å²) in [4.78, 5) is 11.8. The van der Waals surface area contributed by atoms with Gasteiger partial charge in [-0.25, -0.2) is 4.39 Å². The van der Waals surface area contributed by atoms with Crippen LogP contribution in [0.2, 0.25) is 5.02 Å². The minimum absolute atomic E-state index is 0.0474. The molecule has 2 unspecified atom stereocenters. The molecule has 1 rings (SSSR count). The molecule has 2 N–H and O–H groups in total.